The Kier molecular flexibility index (Phi) is 2.26. The summed E-state index contributed by atoms with van der Waals surface area (Å²) in [5, 5.41) is 0. The van der Waals surface area contributed by atoms with E-state index in [0.29, 0.717) is 0 Å². The van der Waals surface area contributed by atoms with Gasteiger partial charge in [-0.2, -0.15) is 0 Å². The van der Waals surface area contributed by atoms with Gasteiger partial charge in [0.15, 0.2) is 0 Å². The number of hydrogen-bond acceptors (Lipinski definition) is 1. The predicted octanol–water partition coefficient (Wildman–Crippen LogP) is 3.31. The number of benzene rings is 1. The van der Waals surface area contributed by atoms with Crippen LogP contribution in [0.25, 0.3) is 0 Å². The normalized spacial score (nSPS) is 15.9. The molecule has 0 fully saturated rings. The topological polar surface area (TPSA) is 9.23 Å². The molecule has 2 rings (SSSR count). The van der Waals surface area contributed by atoms with Crippen molar-refractivity contribution < 1.29 is 4.74 Å². The summed E-state index contributed by atoms with van der Waals surface area (Å²) in [6.07, 6.45) is 2.32. The van der Waals surface area contributed by atoms with Gasteiger partial charge in [-0.05, 0) is 35.4 Å². The molecule has 14 heavy (non-hydrogen) atoms. The monoisotopic (exact) mass is 190 g/mol. The summed E-state index contributed by atoms with van der Waals surface area (Å²) < 4.78 is 5.66. The summed E-state index contributed by atoms with van der Waals surface area (Å²) in [4.78, 5) is 0. The Bertz CT molecular complexity index is 334. The van der Waals surface area contributed by atoms with Crippen molar-refractivity contribution in [3.63, 3.8) is 0 Å². The second-order valence-electron chi connectivity index (χ2n) is 4.98. The summed E-state index contributed by atoms with van der Waals surface area (Å²) in [6.45, 7) is 7.66. The van der Waals surface area contributed by atoms with Crippen LogP contribution in [0, 0.1) is 0 Å². The summed E-state index contributed by atoms with van der Waals surface area (Å²) in [5.74, 6) is 1.10. The third kappa shape index (κ3) is 1.63. The highest BCUT2D eigenvalue weighted by molar-refractivity contribution is 5.44. The van der Waals surface area contributed by atoms with Crippen molar-refractivity contribution in [1.82, 2.24) is 0 Å². The van der Waals surface area contributed by atoms with Crippen LogP contribution >= 0.6 is 0 Å². The first-order valence-electron chi connectivity index (χ1n) is 5.34. The first-order chi connectivity index (χ1) is 6.59. The molecule has 0 atom stereocenters. The summed E-state index contributed by atoms with van der Waals surface area (Å²) in [7, 11) is 0. The molecule has 0 amide bonds. The van der Waals surface area contributed by atoms with E-state index in [9.17, 15) is 0 Å². The van der Waals surface area contributed by atoms with E-state index in [1.54, 1.807) is 0 Å². The van der Waals surface area contributed by atoms with Crippen molar-refractivity contribution >= 4 is 0 Å². The first kappa shape index (κ1) is 9.57. The average Bonchev–Trinajstić information content (AvgIpc) is 2.15. The third-order valence-corrected chi connectivity index (χ3v) is 2.77. The van der Waals surface area contributed by atoms with E-state index >= 15 is 0 Å². The molecule has 0 N–H and O–H groups in total. The second-order valence-corrected chi connectivity index (χ2v) is 4.98. The molecule has 0 saturated heterocycles. The Labute approximate surface area is 86.1 Å². The predicted molar refractivity (Wildman–Crippen MR) is 59.0 cm³/mol. The van der Waals surface area contributed by atoms with Crippen molar-refractivity contribution in [3.05, 3.63) is 29.3 Å². The highest BCUT2D eigenvalue weighted by Crippen LogP contribution is 2.34. The standard InChI is InChI=1S/C13H18O/c1-13(2,3)11-7-4-8-12-10(11)6-5-9-14-12/h4,7-8H,5-6,9H2,1-3H3. The van der Waals surface area contributed by atoms with Gasteiger partial charge in [-0.15, -0.1) is 0 Å². The van der Waals surface area contributed by atoms with Gasteiger partial charge in [-0.3, -0.25) is 0 Å². The molecular formula is C13H18O. The van der Waals surface area contributed by atoms with E-state index in [2.05, 4.69) is 39.0 Å². The van der Waals surface area contributed by atoms with Crippen LogP contribution in [0.3, 0.4) is 0 Å². The highest BCUT2D eigenvalue weighted by atomic mass is 16.5. The van der Waals surface area contributed by atoms with Crippen LogP contribution < -0.4 is 4.74 Å². The van der Waals surface area contributed by atoms with Gasteiger partial charge in [0.25, 0.3) is 0 Å². The molecule has 0 spiro atoms. The molecule has 1 aliphatic rings. The lowest BCUT2D eigenvalue weighted by Crippen LogP contribution is -2.18. The van der Waals surface area contributed by atoms with Crippen molar-refractivity contribution in [1.29, 1.82) is 0 Å². The van der Waals surface area contributed by atoms with Crippen molar-refractivity contribution in [3.8, 4) is 5.75 Å². The Morgan fingerprint density at radius 1 is 1.21 bits per heavy atom. The lowest BCUT2D eigenvalue weighted by atomic mass is 9.82. The molecular weight excluding hydrogens is 172 g/mol. The van der Waals surface area contributed by atoms with Crippen LogP contribution in [-0.4, -0.2) is 6.61 Å². The first-order valence-corrected chi connectivity index (χ1v) is 5.34. The second kappa shape index (κ2) is 3.30. The zero-order valence-electron chi connectivity index (χ0n) is 9.26. The highest BCUT2D eigenvalue weighted by Gasteiger charge is 2.21. The van der Waals surface area contributed by atoms with Gasteiger partial charge in [0.2, 0.25) is 0 Å². The Balaban J connectivity index is 2.51. The van der Waals surface area contributed by atoms with Crippen LogP contribution in [0.4, 0.5) is 0 Å². The van der Waals surface area contributed by atoms with Crippen molar-refractivity contribution in [2.75, 3.05) is 6.61 Å². The molecule has 0 bridgehead atoms. The molecule has 0 radical (unpaired) electrons. The molecule has 1 heteroatoms. The Morgan fingerprint density at radius 2 is 2.00 bits per heavy atom. The smallest absolute Gasteiger partial charge is 0.122 e. The lowest BCUT2D eigenvalue weighted by Gasteiger charge is -2.27. The molecule has 1 aromatic carbocycles. The molecule has 0 unspecified atom stereocenters. The van der Waals surface area contributed by atoms with Crippen LogP contribution in [-0.2, 0) is 11.8 Å². The maximum atomic E-state index is 5.66. The molecule has 0 saturated carbocycles. The Morgan fingerprint density at radius 3 is 2.71 bits per heavy atom. The third-order valence-electron chi connectivity index (χ3n) is 2.77. The maximum Gasteiger partial charge on any atom is 0.122 e. The van der Waals surface area contributed by atoms with E-state index in [1.807, 2.05) is 0 Å². The number of hydrogen-bond donors (Lipinski definition) is 0. The number of ether oxygens (including phenoxy) is 1. The minimum atomic E-state index is 0.228. The summed E-state index contributed by atoms with van der Waals surface area (Å²) in [5.41, 5.74) is 3.09. The van der Waals surface area contributed by atoms with Gasteiger partial charge in [0, 0.05) is 0 Å². The van der Waals surface area contributed by atoms with Crippen LogP contribution in [0.15, 0.2) is 18.2 Å². The lowest BCUT2D eigenvalue weighted by molar-refractivity contribution is 0.286. The average molecular weight is 190 g/mol. The minimum absolute atomic E-state index is 0.228. The zero-order valence-corrected chi connectivity index (χ0v) is 9.26. The largest absolute Gasteiger partial charge is 0.493 e. The summed E-state index contributed by atoms with van der Waals surface area (Å²) >= 11 is 0. The molecule has 0 aliphatic carbocycles. The number of rotatable bonds is 0. The maximum absolute atomic E-state index is 5.66. The van der Waals surface area contributed by atoms with Gasteiger partial charge in [-0.1, -0.05) is 32.9 Å². The quantitative estimate of drug-likeness (QED) is 0.610. The van der Waals surface area contributed by atoms with Crippen LogP contribution in [0.2, 0.25) is 0 Å². The van der Waals surface area contributed by atoms with Crippen molar-refractivity contribution in [2.24, 2.45) is 0 Å². The summed E-state index contributed by atoms with van der Waals surface area (Å²) in [6, 6.07) is 6.42. The van der Waals surface area contributed by atoms with Gasteiger partial charge >= 0.3 is 0 Å². The van der Waals surface area contributed by atoms with Gasteiger partial charge < -0.3 is 4.74 Å². The van der Waals surface area contributed by atoms with Crippen LogP contribution in [0.5, 0.6) is 5.75 Å². The fraction of sp³-hybridized carbons (Fsp3) is 0.538. The molecule has 1 aromatic rings. The van der Waals surface area contributed by atoms with E-state index in [1.165, 1.54) is 17.5 Å². The van der Waals surface area contributed by atoms with Gasteiger partial charge in [0.1, 0.15) is 5.75 Å². The fourth-order valence-corrected chi connectivity index (χ4v) is 2.09. The molecule has 1 heterocycles. The van der Waals surface area contributed by atoms with E-state index < -0.39 is 0 Å². The molecule has 1 aliphatic heterocycles. The molecule has 1 nitrogen and oxygen atoms in total. The van der Waals surface area contributed by atoms with Crippen molar-refractivity contribution in [2.45, 2.75) is 39.0 Å². The molecule has 0 aromatic heterocycles. The van der Waals surface area contributed by atoms with E-state index in [4.69, 9.17) is 4.74 Å². The SMILES string of the molecule is CC(C)(C)c1cccc2c1CCCO2. The van der Waals surface area contributed by atoms with E-state index in [-0.39, 0.29) is 5.41 Å². The Hall–Kier alpha value is -0.980. The molecule has 76 valence electrons. The van der Waals surface area contributed by atoms with Crippen LogP contribution in [0.1, 0.15) is 38.3 Å². The number of fused-ring (bicyclic) bond motifs is 1. The minimum Gasteiger partial charge on any atom is -0.493 e. The van der Waals surface area contributed by atoms with Gasteiger partial charge in [-0.25, -0.2) is 0 Å². The fourth-order valence-electron chi connectivity index (χ4n) is 2.09. The van der Waals surface area contributed by atoms with E-state index in [0.717, 1.165) is 18.8 Å². The zero-order chi connectivity index (χ0) is 10.2. The van der Waals surface area contributed by atoms with Gasteiger partial charge in [0.05, 0.1) is 6.61 Å².